The number of amides is 1. The largest absolute Gasteiger partial charge is 0.490 e. The van der Waals surface area contributed by atoms with Crippen molar-refractivity contribution in [2.45, 2.75) is 39.5 Å². The summed E-state index contributed by atoms with van der Waals surface area (Å²) in [5.41, 5.74) is 7.64. The quantitative estimate of drug-likeness (QED) is 0.787. The number of likely N-dealkylation sites (tertiary alicyclic amines) is 1. The molecular weight excluding hydrogens is 280 g/mol. The number of ether oxygens (including phenoxy) is 2. The van der Waals surface area contributed by atoms with Crippen LogP contribution < -0.4 is 15.2 Å². The standard InChI is InChI=1S/C17H26N2O3/c1-3-21-15-12-13(11-14(18)17(15)22-4-2)7-8-16(20)19-9-5-6-10-19/h11-12H,3-10,18H2,1-2H3. The molecule has 1 saturated heterocycles. The van der Waals surface area contributed by atoms with Gasteiger partial charge in [-0.3, -0.25) is 4.79 Å². The van der Waals surface area contributed by atoms with E-state index < -0.39 is 0 Å². The lowest BCUT2D eigenvalue weighted by Crippen LogP contribution is -2.27. The number of anilines is 1. The molecule has 122 valence electrons. The molecule has 0 saturated carbocycles. The summed E-state index contributed by atoms with van der Waals surface area (Å²) < 4.78 is 11.2. The lowest BCUT2D eigenvalue weighted by Gasteiger charge is -2.17. The number of nitrogens with two attached hydrogens (primary N) is 1. The van der Waals surface area contributed by atoms with E-state index in [9.17, 15) is 4.79 Å². The zero-order valence-corrected chi connectivity index (χ0v) is 13.6. The van der Waals surface area contributed by atoms with Gasteiger partial charge in [-0.1, -0.05) is 0 Å². The first-order valence-corrected chi connectivity index (χ1v) is 8.11. The van der Waals surface area contributed by atoms with E-state index in [-0.39, 0.29) is 5.91 Å². The lowest BCUT2D eigenvalue weighted by atomic mass is 10.1. The van der Waals surface area contributed by atoms with Gasteiger partial charge in [0.05, 0.1) is 18.9 Å². The average molecular weight is 306 g/mol. The number of nitrogens with zero attached hydrogens (tertiary/aromatic N) is 1. The summed E-state index contributed by atoms with van der Waals surface area (Å²) in [6, 6.07) is 3.81. The van der Waals surface area contributed by atoms with Crippen molar-refractivity contribution in [3.05, 3.63) is 17.7 Å². The molecule has 0 spiro atoms. The van der Waals surface area contributed by atoms with Crippen LogP contribution in [0.3, 0.4) is 0 Å². The average Bonchev–Trinajstić information content (AvgIpc) is 3.03. The highest BCUT2D eigenvalue weighted by Gasteiger charge is 2.18. The highest BCUT2D eigenvalue weighted by molar-refractivity contribution is 5.76. The summed E-state index contributed by atoms with van der Waals surface area (Å²) in [5, 5.41) is 0. The molecule has 5 nitrogen and oxygen atoms in total. The van der Waals surface area contributed by atoms with Crippen LogP contribution in [0.25, 0.3) is 0 Å². The Morgan fingerprint density at radius 2 is 1.86 bits per heavy atom. The maximum atomic E-state index is 12.1. The first-order valence-electron chi connectivity index (χ1n) is 8.11. The van der Waals surface area contributed by atoms with Crippen LogP contribution in [-0.2, 0) is 11.2 Å². The predicted octanol–water partition coefficient (Wildman–Crippen LogP) is 2.62. The molecule has 0 unspecified atom stereocenters. The van der Waals surface area contributed by atoms with Crippen LogP contribution in [0.5, 0.6) is 11.5 Å². The van der Waals surface area contributed by atoms with E-state index in [4.69, 9.17) is 15.2 Å². The third-order valence-electron chi connectivity index (χ3n) is 3.82. The Morgan fingerprint density at radius 1 is 1.18 bits per heavy atom. The summed E-state index contributed by atoms with van der Waals surface area (Å²) in [6.07, 6.45) is 3.43. The van der Waals surface area contributed by atoms with Crippen LogP contribution in [0.4, 0.5) is 5.69 Å². The molecule has 0 atom stereocenters. The van der Waals surface area contributed by atoms with Gasteiger partial charge in [0.25, 0.3) is 0 Å². The van der Waals surface area contributed by atoms with Crippen LogP contribution in [-0.4, -0.2) is 37.1 Å². The monoisotopic (exact) mass is 306 g/mol. The van der Waals surface area contributed by atoms with Gasteiger partial charge in [0.15, 0.2) is 11.5 Å². The molecule has 0 radical (unpaired) electrons. The summed E-state index contributed by atoms with van der Waals surface area (Å²) in [5.74, 6) is 1.48. The molecular formula is C17H26N2O3. The number of carbonyl (C=O) groups is 1. The van der Waals surface area contributed by atoms with Crippen LogP contribution >= 0.6 is 0 Å². The zero-order chi connectivity index (χ0) is 15.9. The van der Waals surface area contributed by atoms with Crippen molar-refractivity contribution in [1.82, 2.24) is 4.90 Å². The van der Waals surface area contributed by atoms with Gasteiger partial charge in [0.2, 0.25) is 5.91 Å². The fourth-order valence-electron chi connectivity index (χ4n) is 2.76. The SMILES string of the molecule is CCOc1cc(CCC(=O)N2CCCC2)cc(N)c1OCC. The summed E-state index contributed by atoms with van der Waals surface area (Å²) in [6.45, 7) is 6.73. The van der Waals surface area contributed by atoms with Gasteiger partial charge in [-0.25, -0.2) is 0 Å². The molecule has 1 aromatic rings. The molecule has 1 aliphatic rings. The number of nitrogen functional groups attached to an aromatic ring is 1. The molecule has 0 bridgehead atoms. The smallest absolute Gasteiger partial charge is 0.222 e. The Kier molecular flexibility index (Phi) is 5.92. The second kappa shape index (κ2) is 7.92. The van der Waals surface area contributed by atoms with Crippen molar-refractivity contribution in [3.63, 3.8) is 0 Å². The zero-order valence-electron chi connectivity index (χ0n) is 13.6. The minimum atomic E-state index is 0.225. The van der Waals surface area contributed by atoms with E-state index in [2.05, 4.69) is 0 Å². The summed E-state index contributed by atoms with van der Waals surface area (Å²) in [4.78, 5) is 14.1. The van der Waals surface area contributed by atoms with Gasteiger partial charge in [-0.05, 0) is 50.8 Å². The molecule has 1 amide bonds. The highest BCUT2D eigenvalue weighted by Crippen LogP contribution is 2.35. The van der Waals surface area contributed by atoms with E-state index >= 15 is 0 Å². The molecule has 0 aromatic heterocycles. The maximum absolute atomic E-state index is 12.1. The molecule has 1 heterocycles. The Hall–Kier alpha value is -1.91. The number of aryl methyl sites for hydroxylation is 1. The number of carbonyl (C=O) groups excluding carboxylic acids is 1. The van der Waals surface area contributed by atoms with Gasteiger partial charge in [-0.2, -0.15) is 0 Å². The van der Waals surface area contributed by atoms with Crippen molar-refractivity contribution in [1.29, 1.82) is 0 Å². The Morgan fingerprint density at radius 3 is 2.50 bits per heavy atom. The van der Waals surface area contributed by atoms with Crippen LogP contribution in [0.2, 0.25) is 0 Å². The molecule has 0 aliphatic carbocycles. The van der Waals surface area contributed by atoms with E-state index in [1.165, 1.54) is 0 Å². The summed E-state index contributed by atoms with van der Waals surface area (Å²) in [7, 11) is 0. The normalized spacial score (nSPS) is 14.2. The minimum absolute atomic E-state index is 0.225. The molecule has 22 heavy (non-hydrogen) atoms. The minimum Gasteiger partial charge on any atom is -0.490 e. The number of rotatable bonds is 7. The maximum Gasteiger partial charge on any atom is 0.222 e. The number of hydrogen-bond acceptors (Lipinski definition) is 4. The highest BCUT2D eigenvalue weighted by atomic mass is 16.5. The van der Waals surface area contributed by atoms with Crippen molar-refractivity contribution >= 4 is 11.6 Å². The van der Waals surface area contributed by atoms with Gasteiger partial charge >= 0.3 is 0 Å². The fourth-order valence-corrected chi connectivity index (χ4v) is 2.76. The lowest BCUT2D eigenvalue weighted by molar-refractivity contribution is -0.130. The van der Waals surface area contributed by atoms with Crippen molar-refractivity contribution in [3.8, 4) is 11.5 Å². The molecule has 1 fully saturated rings. The third-order valence-corrected chi connectivity index (χ3v) is 3.82. The molecule has 1 aliphatic heterocycles. The summed E-state index contributed by atoms with van der Waals surface area (Å²) >= 11 is 0. The van der Waals surface area contributed by atoms with E-state index in [1.54, 1.807) is 0 Å². The number of benzene rings is 1. The second-order valence-electron chi connectivity index (χ2n) is 5.47. The van der Waals surface area contributed by atoms with Gasteiger partial charge in [0, 0.05) is 19.5 Å². The third kappa shape index (κ3) is 4.06. The van der Waals surface area contributed by atoms with Gasteiger partial charge < -0.3 is 20.1 Å². The molecule has 2 N–H and O–H groups in total. The van der Waals surface area contributed by atoms with Crippen LogP contribution in [0.1, 0.15) is 38.7 Å². The van der Waals surface area contributed by atoms with Crippen LogP contribution in [0, 0.1) is 0 Å². The Bertz CT molecular complexity index is 511. The number of hydrogen-bond donors (Lipinski definition) is 1. The van der Waals surface area contributed by atoms with Crippen molar-refractivity contribution in [2.75, 3.05) is 32.0 Å². The van der Waals surface area contributed by atoms with Gasteiger partial charge in [-0.15, -0.1) is 0 Å². The van der Waals surface area contributed by atoms with Crippen molar-refractivity contribution < 1.29 is 14.3 Å². The molecule has 5 heteroatoms. The van der Waals surface area contributed by atoms with Crippen LogP contribution in [0.15, 0.2) is 12.1 Å². The van der Waals surface area contributed by atoms with E-state index in [1.807, 2.05) is 30.9 Å². The second-order valence-corrected chi connectivity index (χ2v) is 5.47. The first kappa shape index (κ1) is 16.5. The Labute approximate surface area is 132 Å². The first-order chi connectivity index (χ1) is 10.7. The van der Waals surface area contributed by atoms with Gasteiger partial charge in [0.1, 0.15) is 0 Å². The topological polar surface area (TPSA) is 64.8 Å². The van der Waals surface area contributed by atoms with E-state index in [0.717, 1.165) is 31.5 Å². The molecule has 1 aromatic carbocycles. The predicted molar refractivity (Wildman–Crippen MR) is 87.3 cm³/mol. The molecule has 2 rings (SSSR count). The Balaban J connectivity index is 2.05. The van der Waals surface area contributed by atoms with E-state index in [0.29, 0.717) is 43.2 Å². The van der Waals surface area contributed by atoms with Crippen molar-refractivity contribution in [2.24, 2.45) is 0 Å². The fraction of sp³-hybridized carbons (Fsp3) is 0.588.